The van der Waals surface area contributed by atoms with Crippen LogP contribution in [0.4, 0.5) is 10.1 Å². The van der Waals surface area contributed by atoms with Gasteiger partial charge in [-0.2, -0.15) is 0 Å². The Labute approximate surface area is 239 Å². The Balaban J connectivity index is 1.38. The molecule has 2 heterocycles. The maximum Gasteiger partial charge on any atom is 0.251 e. The Kier molecular flexibility index (Phi) is 7.22. The number of ether oxygens (including phenoxy) is 2. The lowest BCUT2D eigenvalue weighted by atomic mass is 10.0. The minimum absolute atomic E-state index is 0.0687. The van der Waals surface area contributed by atoms with Crippen LogP contribution in [0.25, 0.3) is 11.0 Å². The number of aromatic nitrogens is 3. The van der Waals surface area contributed by atoms with Crippen molar-refractivity contribution < 1.29 is 23.5 Å². The van der Waals surface area contributed by atoms with Crippen LogP contribution in [0.1, 0.15) is 17.2 Å². The third-order valence-electron chi connectivity index (χ3n) is 6.68. The van der Waals surface area contributed by atoms with Crippen molar-refractivity contribution in [2.45, 2.75) is 19.1 Å². The van der Waals surface area contributed by atoms with E-state index < -0.39 is 23.7 Å². The SMILES string of the molecule is O=C(Nc1ccc2c(c1)OCO2)C(c1ccc(F)cc1)N(Cc1ccc(Cl)cc1)C(=O)Cn1nnc2ccccc21. The maximum absolute atomic E-state index is 14.0. The van der Waals surface area contributed by atoms with Crippen molar-refractivity contribution in [2.75, 3.05) is 12.1 Å². The molecule has 1 aromatic heterocycles. The van der Waals surface area contributed by atoms with Gasteiger partial charge in [-0.3, -0.25) is 9.59 Å². The van der Waals surface area contributed by atoms with E-state index in [1.54, 1.807) is 48.5 Å². The third kappa shape index (κ3) is 5.68. The van der Waals surface area contributed by atoms with E-state index in [1.165, 1.54) is 33.8 Å². The molecule has 0 saturated carbocycles. The van der Waals surface area contributed by atoms with E-state index in [2.05, 4.69) is 15.6 Å². The summed E-state index contributed by atoms with van der Waals surface area (Å²) >= 11 is 6.10. The van der Waals surface area contributed by atoms with Gasteiger partial charge < -0.3 is 19.7 Å². The first-order chi connectivity index (χ1) is 19.9. The van der Waals surface area contributed by atoms with E-state index in [0.29, 0.717) is 38.8 Å². The summed E-state index contributed by atoms with van der Waals surface area (Å²) in [4.78, 5) is 29.5. The van der Waals surface area contributed by atoms with Gasteiger partial charge in [0, 0.05) is 23.3 Å². The van der Waals surface area contributed by atoms with Gasteiger partial charge in [-0.25, -0.2) is 9.07 Å². The highest BCUT2D eigenvalue weighted by Gasteiger charge is 2.32. The summed E-state index contributed by atoms with van der Waals surface area (Å²) in [5, 5.41) is 11.7. The quantitative estimate of drug-likeness (QED) is 0.269. The van der Waals surface area contributed by atoms with Crippen molar-refractivity contribution in [3.05, 3.63) is 113 Å². The second-order valence-corrected chi connectivity index (χ2v) is 9.83. The summed E-state index contributed by atoms with van der Waals surface area (Å²) < 4.78 is 26.2. The number of benzene rings is 4. The number of anilines is 1. The lowest BCUT2D eigenvalue weighted by Gasteiger charge is -2.31. The average Bonchev–Trinajstić information content (AvgIpc) is 3.61. The Morgan fingerprint density at radius 2 is 1.73 bits per heavy atom. The number of carbonyl (C=O) groups is 2. The summed E-state index contributed by atoms with van der Waals surface area (Å²) in [6.45, 7) is -0.0202. The van der Waals surface area contributed by atoms with Gasteiger partial charge in [-0.15, -0.1) is 5.10 Å². The normalized spacial score (nSPS) is 12.7. The van der Waals surface area contributed by atoms with Crippen molar-refractivity contribution >= 4 is 40.1 Å². The molecule has 0 aliphatic carbocycles. The van der Waals surface area contributed by atoms with Crippen LogP contribution in [0.5, 0.6) is 11.5 Å². The van der Waals surface area contributed by atoms with E-state index in [0.717, 1.165) is 5.56 Å². The summed E-state index contributed by atoms with van der Waals surface area (Å²) in [5.41, 5.74) is 2.94. The first kappa shape index (κ1) is 26.3. The highest BCUT2D eigenvalue weighted by atomic mass is 35.5. The van der Waals surface area contributed by atoms with Gasteiger partial charge in [-0.1, -0.05) is 53.2 Å². The zero-order valence-electron chi connectivity index (χ0n) is 21.5. The Morgan fingerprint density at radius 1 is 0.976 bits per heavy atom. The minimum Gasteiger partial charge on any atom is -0.454 e. The Morgan fingerprint density at radius 3 is 2.54 bits per heavy atom. The molecule has 1 unspecified atom stereocenters. The number of hydrogen-bond acceptors (Lipinski definition) is 6. The number of rotatable bonds is 8. The highest BCUT2D eigenvalue weighted by molar-refractivity contribution is 6.30. The molecular formula is C30H23ClFN5O4. The second kappa shape index (κ2) is 11.3. The number of hydrogen-bond donors (Lipinski definition) is 1. The number of fused-ring (bicyclic) bond motifs is 2. The lowest BCUT2D eigenvalue weighted by Crippen LogP contribution is -2.42. The molecule has 5 aromatic rings. The number of carbonyl (C=O) groups excluding carboxylic acids is 2. The van der Waals surface area contributed by atoms with E-state index in [4.69, 9.17) is 21.1 Å². The third-order valence-corrected chi connectivity index (χ3v) is 6.93. The summed E-state index contributed by atoms with van der Waals surface area (Å²) in [7, 11) is 0. The largest absolute Gasteiger partial charge is 0.454 e. The fourth-order valence-electron chi connectivity index (χ4n) is 4.67. The smallest absolute Gasteiger partial charge is 0.251 e. The lowest BCUT2D eigenvalue weighted by molar-refractivity contribution is -0.140. The van der Waals surface area contributed by atoms with Crippen molar-refractivity contribution in [1.82, 2.24) is 19.9 Å². The van der Waals surface area contributed by atoms with E-state index in [1.807, 2.05) is 18.2 Å². The zero-order valence-corrected chi connectivity index (χ0v) is 22.3. The minimum atomic E-state index is -1.13. The number of amides is 2. The molecule has 0 bridgehead atoms. The molecule has 1 atom stereocenters. The van der Waals surface area contributed by atoms with Crippen molar-refractivity contribution in [1.29, 1.82) is 0 Å². The molecule has 9 nitrogen and oxygen atoms in total. The van der Waals surface area contributed by atoms with Crippen LogP contribution in [0.2, 0.25) is 5.02 Å². The van der Waals surface area contributed by atoms with Gasteiger partial charge in [0.15, 0.2) is 11.5 Å². The molecule has 11 heteroatoms. The summed E-state index contributed by atoms with van der Waals surface area (Å²) in [5.74, 6) is -0.300. The second-order valence-electron chi connectivity index (χ2n) is 9.40. The van der Waals surface area contributed by atoms with Crippen LogP contribution in [0.3, 0.4) is 0 Å². The highest BCUT2D eigenvalue weighted by Crippen LogP contribution is 2.35. The molecular weight excluding hydrogens is 549 g/mol. The Hall–Kier alpha value is -4.96. The van der Waals surface area contributed by atoms with Crippen LogP contribution in [-0.2, 0) is 22.7 Å². The monoisotopic (exact) mass is 571 g/mol. The van der Waals surface area contributed by atoms with Crippen molar-refractivity contribution in [2.24, 2.45) is 0 Å². The fraction of sp³-hybridized carbons (Fsp3) is 0.133. The topological polar surface area (TPSA) is 98.6 Å². The number of nitrogens with one attached hydrogen (secondary N) is 1. The first-order valence-corrected chi connectivity index (χ1v) is 13.1. The van der Waals surface area contributed by atoms with Gasteiger partial charge in [0.1, 0.15) is 23.9 Å². The molecule has 6 rings (SSSR count). The van der Waals surface area contributed by atoms with Crippen molar-refractivity contribution in [3.63, 3.8) is 0 Å². The first-order valence-electron chi connectivity index (χ1n) is 12.7. The van der Waals surface area contributed by atoms with Gasteiger partial charge in [0.05, 0.1) is 5.52 Å². The molecule has 0 fully saturated rings. The average molecular weight is 572 g/mol. The van der Waals surface area contributed by atoms with Crippen molar-refractivity contribution in [3.8, 4) is 11.5 Å². The van der Waals surface area contributed by atoms with Crippen LogP contribution in [0, 0.1) is 5.82 Å². The molecule has 1 aliphatic rings. The van der Waals surface area contributed by atoms with Crippen LogP contribution >= 0.6 is 11.6 Å². The molecule has 41 heavy (non-hydrogen) atoms. The molecule has 1 N–H and O–H groups in total. The number of para-hydroxylation sites is 1. The van der Waals surface area contributed by atoms with Gasteiger partial charge in [-0.05, 0) is 59.7 Å². The van der Waals surface area contributed by atoms with Crippen LogP contribution < -0.4 is 14.8 Å². The molecule has 1 aliphatic heterocycles. The predicted molar refractivity (Wildman–Crippen MR) is 150 cm³/mol. The van der Waals surface area contributed by atoms with Crippen LogP contribution in [-0.4, -0.2) is 38.5 Å². The van der Waals surface area contributed by atoms with Gasteiger partial charge in [0.25, 0.3) is 5.91 Å². The number of halogens is 2. The van der Waals surface area contributed by atoms with E-state index in [9.17, 15) is 14.0 Å². The van der Waals surface area contributed by atoms with E-state index in [-0.39, 0.29) is 19.9 Å². The molecule has 0 radical (unpaired) electrons. The molecule has 206 valence electrons. The Bertz CT molecular complexity index is 1730. The molecule has 2 amide bonds. The number of nitrogens with zero attached hydrogens (tertiary/aromatic N) is 4. The molecule has 0 spiro atoms. The molecule has 4 aromatic carbocycles. The predicted octanol–water partition coefficient (Wildman–Crippen LogP) is 5.36. The van der Waals surface area contributed by atoms with E-state index >= 15 is 0 Å². The standard InChI is InChI=1S/C30H23ClFN5O4/c31-21-9-5-19(6-10-21)16-36(28(38)17-37-25-4-2-1-3-24(25)34-35-37)29(20-7-11-22(32)12-8-20)30(39)33-23-13-14-26-27(15-23)41-18-40-26/h1-15,29H,16-18H2,(H,33,39). The fourth-order valence-corrected chi connectivity index (χ4v) is 4.79. The molecule has 0 saturated heterocycles. The maximum atomic E-state index is 14.0. The zero-order chi connectivity index (χ0) is 28.3. The van der Waals surface area contributed by atoms with Gasteiger partial charge in [0.2, 0.25) is 12.7 Å². The summed E-state index contributed by atoms with van der Waals surface area (Å²) in [6.07, 6.45) is 0. The van der Waals surface area contributed by atoms with Crippen LogP contribution in [0.15, 0.2) is 91.0 Å². The summed E-state index contributed by atoms with van der Waals surface area (Å²) in [6, 6.07) is 23.7. The van der Waals surface area contributed by atoms with Gasteiger partial charge >= 0.3 is 0 Å².